The van der Waals surface area contributed by atoms with Crippen molar-refractivity contribution >= 4 is 11.6 Å². The average molecular weight is 316 g/mol. The van der Waals surface area contributed by atoms with E-state index in [0.29, 0.717) is 25.3 Å². The van der Waals surface area contributed by atoms with Crippen molar-refractivity contribution in [2.45, 2.75) is 19.3 Å². The van der Waals surface area contributed by atoms with Crippen LogP contribution in [0.5, 0.6) is 0 Å². The molecule has 122 valence electrons. The molecule has 1 atom stereocenters. The predicted molar refractivity (Wildman–Crippen MR) is 86.6 cm³/mol. The van der Waals surface area contributed by atoms with Crippen LogP contribution in [0.15, 0.2) is 36.7 Å². The Morgan fingerprint density at radius 3 is 2.96 bits per heavy atom. The van der Waals surface area contributed by atoms with Crippen molar-refractivity contribution in [3.63, 3.8) is 0 Å². The van der Waals surface area contributed by atoms with E-state index in [2.05, 4.69) is 20.4 Å². The quantitative estimate of drug-likeness (QED) is 0.858. The lowest BCUT2D eigenvalue weighted by atomic mass is 10.1. The van der Waals surface area contributed by atoms with Crippen LogP contribution >= 0.6 is 0 Å². The van der Waals surface area contributed by atoms with Gasteiger partial charge in [0, 0.05) is 37.9 Å². The SMILES string of the molecule is O=C(CCc1cn[nH]c1)NC[C@H]1CCN(c2ccc(F)cc2)C1. The normalized spacial score (nSPS) is 17.4. The number of amides is 1. The van der Waals surface area contributed by atoms with Crippen LogP contribution in [0, 0.1) is 11.7 Å². The number of aryl methyl sites for hydroxylation is 1. The minimum absolute atomic E-state index is 0.0754. The van der Waals surface area contributed by atoms with Crippen molar-refractivity contribution in [2.75, 3.05) is 24.5 Å². The van der Waals surface area contributed by atoms with E-state index in [4.69, 9.17) is 0 Å². The highest BCUT2D eigenvalue weighted by atomic mass is 19.1. The molecular weight excluding hydrogens is 295 g/mol. The topological polar surface area (TPSA) is 61.0 Å². The monoisotopic (exact) mass is 316 g/mol. The molecule has 3 rings (SSSR count). The molecule has 0 spiro atoms. The van der Waals surface area contributed by atoms with Crippen LogP contribution in [-0.2, 0) is 11.2 Å². The van der Waals surface area contributed by atoms with Gasteiger partial charge in [-0.25, -0.2) is 4.39 Å². The van der Waals surface area contributed by atoms with Gasteiger partial charge in [0.2, 0.25) is 5.91 Å². The molecule has 1 aromatic carbocycles. The van der Waals surface area contributed by atoms with E-state index in [0.717, 1.165) is 30.8 Å². The van der Waals surface area contributed by atoms with Gasteiger partial charge in [-0.3, -0.25) is 9.89 Å². The molecule has 6 heteroatoms. The Morgan fingerprint density at radius 2 is 2.22 bits per heavy atom. The Labute approximate surface area is 134 Å². The number of hydrogen-bond acceptors (Lipinski definition) is 3. The number of carbonyl (C=O) groups excluding carboxylic acids is 1. The molecule has 0 bridgehead atoms. The summed E-state index contributed by atoms with van der Waals surface area (Å²) in [6.45, 7) is 2.54. The number of aromatic nitrogens is 2. The van der Waals surface area contributed by atoms with E-state index in [9.17, 15) is 9.18 Å². The lowest BCUT2D eigenvalue weighted by Gasteiger charge is -2.18. The number of aromatic amines is 1. The van der Waals surface area contributed by atoms with Gasteiger partial charge < -0.3 is 10.2 Å². The fourth-order valence-corrected chi connectivity index (χ4v) is 2.90. The maximum atomic E-state index is 13.0. The highest BCUT2D eigenvalue weighted by molar-refractivity contribution is 5.76. The van der Waals surface area contributed by atoms with Crippen LogP contribution in [0.3, 0.4) is 0 Å². The number of nitrogens with one attached hydrogen (secondary N) is 2. The summed E-state index contributed by atoms with van der Waals surface area (Å²) in [5.74, 6) is 0.304. The molecule has 1 aromatic heterocycles. The summed E-state index contributed by atoms with van der Waals surface area (Å²) in [5.41, 5.74) is 2.09. The summed E-state index contributed by atoms with van der Waals surface area (Å²) >= 11 is 0. The zero-order valence-corrected chi connectivity index (χ0v) is 13.0. The summed E-state index contributed by atoms with van der Waals surface area (Å²) in [7, 11) is 0. The number of H-pyrrole nitrogens is 1. The summed E-state index contributed by atoms with van der Waals surface area (Å²) in [5, 5.41) is 9.62. The van der Waals surface area contributed by atoms with Crippen molar-refractivity contribution < 1.29 is 9.18 Å². The molecule has 1 fully saturated rings. The minimum Gasteiger partial charge on any atom is -0.371 e. The third kappa shape index (κ3) is 4.31. The number of rotatable bonds is 6. The first kappa shape index (κ1) is 15.5. The highest BCUT2D eigenvalue weighted by Gasteiger charge is 2.23. The number of nitrogens with zero attached hydrogens (tertiary/aromatic N) is 2. The number of carbonyl (C=O) groups is 1. The van der Waals surface area contributed by atoms with Crippen molar-refractivity contribution in [2.24, 2.45) is 5.92 Å². The first-order valence-electron chi connectivity index (χ1n) is 7.95. The van der Waals surface area contributed by atoms with Gasteiger partial charge in [0.1, 0.15) is 5.82 Å². The molecular formula is C17H21FN4O. The number of anilines is 1. The van der Waals surface area contributed by atoms with Gasteiger partial charge in [0.05, 0.1) is 6.20 Å². The van der Waals surface area contributed by atoms with E-state index in [1.54, 1.807) is 18.3 Å². The molecule has 23 heavy (non-hydrogen) atoms. The molecule has 2 aromatic rings. The Bertz CT molecular complexity index is 627. The largest absolute Gasteiger partial charge is 0.371 e. The molecule has 5 nitrogen and oxygen atoms in total. The van der Waals surface area contributed by atoms with Crippen LogP contribution in [0.4, 0.5) is 10.1 Å². The number of hydrogen-bond donors (Lipinski definition) is 2. The maximum Gasteiger partial charge on any atom is 0.220 e. The van der Waals surface area contributed by atoms with Crippen LogP contribution in [0.2, 0.25) is 0 Å². The second-order valence-electron chi connectivity index (χ2n) is 5.99. The lowest BCUT2D eigenvalue weighted by molar-refractivity contribution is -0.121. The van der Waals surface area contributed by atoms with E-state index >= 15 is 0 Å². The van der Waals surface area contributed by atoms with Crippen LogP contribution in [-0.4, -0.2) is 35.7 Å². The first-order chi connectivity index (χ1) is 11.2. The average Bonchev–Trinajstić information content (AvgIpc) is 3.23. The Hall–Kier alpha value is -2.37. The number of benzene rings is 1. The fraction of sp³-hybridized carbons (Fsp3) is 0.412. The molecule has 1 aliphatic rings. The molecule has 2 heterocycles. The van der Waals surface area contributed by atoms with Crippen molar-refractivity contribution in [1.29, 1.82) is 0 Å². The zero-order valence-electron chi connectivity index (χ0n) is 13.0. The van der Waals surface area contributed by atoms with Gasteiger partial charge in [-0.2, -0.15) is 5.10 Å². The summed E-state index contributed by atoms with van der Waals surface area (Å²) in [6, 6.07) is 6.59. The maximum absolute atomic E-state index is 13.0. The molecule has 0 aliphatic carbocycles. The first-order valence-corrected chi connectivity index (χ1v) is 7.95. The van der Waals surface area contributed by atoms with E-state index in [1.807, 2.05) is 6.20 Å². The smallest absolute Gasteiger partial charge is 0.220 e. The van der Waals surface area contributed by atoms with Crippen molar-refractivity contribution in [1.82, 2.24) is 15.5 Å². The third-order valence-corrected chi connectivity index (χ3v) is 4.26. The van der Waals surface area contributed by atoms with E-state index in [-0.39, 0.29) is 11.7 Å². The van der Waals surface area contributed by atoms with Crippen LogP contribution < -0.4 is 10.2 Å². The second-order valence-corrected chi connectivity index (χ2v) is 5.99. The van der Waals surface area contributed by atoms with Gasteiger partial charge in [0.25, 0.3) is 0 Å². The highest BCUT2D eigenvalue weighted by Crippen LogP contribution is 2.23. The molecule has 1 saturated heterocycles. The minimum atomic E-state index is -0.214. The molecule has 2 N–H and O–H groups in total. The van der Waals surface area contributed by atoms with Crippen molar-refractivity contribution in [3.05, 3.63) is 48.0 Å². The Balaban J connectivity index is 1.39. The molecule has 1 amide bonds. The molecule has 0 saturated carbocycles. The lowest BCUT2D eigenvalue weighted by Crippen LogP contribution is -2.31. The zero-order chi connectivity index (χ0) is 16.1. The molecule has 1 aliphatic heterocycles. The predicted octanol–water partition coefficient (Wildman–Crippen LogP) is 2.12. The molecule has 0 radical (unpaired) electrons. The van der Waals surface area contributed by atoms with Crippen LogP contribution in [0.25, 0.3) is 0 Å². The van der Waals surface area contributed by atoms with Gasteiger partial charge in [0.15, 0.2) is 0 Å². The third-order valence-electron chi connectivity index (χ3n) is 4.26. The van der Waals surface area contributed by atoms with E-state index < -0.39 is 0 Å². The van der Waals surface area contributed by atoms with Gasteiger partial charge in [-0.15, -0.1) is 0 Å². The van der Waals surface area contributed by atoms with Gasteiger partial charge in [-0.1, -0.05) is 0 Å². The summed E-state index contributed by atoms with van der Waals surface area (Å²) in [6.07, 6.45) is 5.78. The Morgan fingerprint density at radius 1 is 1.39 bits per heavy atom. The number of halogens is 1. The van der Waals surface area contributed by atoms with Gasteiger partial charge >= 0.3 is 0 Å². The fourth-order valence-electron chi connectivity index (χ4n) is 2.90. The summed E-state index contributed by atoms with van der Waals surface area (Å²) in [4.78, 5) is 14.1. The van der Waals surface area contributed by atoms with Gasteiger partial charge in [-0.05, 0) is 48.6 Å². The second kappa shape index (κ2) is 7.26. The van der Waals surface area contributed by atoms with E-state index in [1.165, 1.54) is 12.1 Å². The molecule has 0 unspecified atom stereocenters. The van der Waals surface area contributed by atoms with Crippen molar-refractivity contribution in [3.8, 4) is 0 Å². The summed E-state index contributed by atoms with van der Waals surface area (Å²) < 4.78 is 13.0. The Kier molecular flexibility index (Phi) is 4.90. The standard InChI is InChI=1S/C17H21FN4O/c18-15-2-4-16(5-3-15)22-8-7-14(12-22)9-19-17(23)6-1-13-10-20-21-11-13/h2-5,10-11,14H,1,6-9,12H2,(H,19,23)(H,20,21)/t14-/m1/s1. The van der Waals surface area contributed by atoms with Crippen LogP contribution in [0.1, 0.15) is 18.4 Å².